The number of nitrogen functional groups attached to an aromatic ring is 1. The maximum Gasteiger partial charge on any atom is 0.263 e. The zero-order valence-corrected chi connectivity index (χ0v) is 10.7. The summed E-state index contributed by atoms with van der Waals surface area (Å²) in [7, 11) is 0. The van der Waals surface area contributed by atoms with Gasteiger partial charge in [0.25, 0.3) is 5.89 Å². The number of thiophene rings is 1. The molecule has 3 heterocycles. The Bertz CT molecular complexity index is 658. The van der Waals surface area contributed by atoms with Crippen LogP contribution in [0.25, 0.3) is 22.2 Å². The summed E-state index contributed by atoms with van der Waals surface area (Å²) in [5.41, 5.74) is 6.28. The van der Waals surface area contributed by atoms with Crippen LogP contribution >= 0.6 is 27.3 Å². The lowest BCUT2D eigenvalue weighted by atomic mass is 10.3. The Labute approximate surface area is 108 Å². The van der Waals surface area contributed by atoms with Crippen LogP contribution in [0, 0.1) is 0 Å². The Balaban J connectivity index is 2.01. The van der Waals surface area contributed by atoms with Crippen LogP contribution in [0.2, 0.25) is 0 Å². The van der Waals surface area contributed by atoms with E-state index in [1.165, 1.54) is 11.3 Å². The third kappa shape index (κ3) is 1.85. The summed E-state index contributed by atoms with van der Waals surface area (Å²) in [6.45, 7) is 0. The van der Waals surface area contributed by atoms with Gasteiger partial charge in [0.2, 0.25) is 5.82 Å². The zero-order chi connectivity index (χ0) is 11.8. The van der Waals surface area contributed by atoms with Gasteiger partial charge in [-0.1, -0.05) is 5.16 Å². The van der Waals surface area contributed by atoms with Crippen molar-refractivity contribution < 1.29 is 4.52 Å². The van der Waals surface area contributed by atoms with Gasteiger partial charge in [0.15, 0.2) is 0 Å². The van der Waals surface area contributed by atoms with Gasteiger partial charge in [0.05, 0.1) is 14.9 Å². The molecule has 0 bridgehead atoms. The fourth-order valence-corrected chi connectivity index (χ4v) is 2.65. The third-order valence-corrected chi connectivity index (χ3v) is 3.74. The molecule has 3 aromatic rings. The molecule has 86 valence electrons. The predicted molar refractivity (Wildman–Crippen MR) is 67.3 cm³/mol. The molecule has 0 saturated carbocycles. The topological polar surface area (TPSA) is 93.6 Å². The second-order valence-corrected chi connectivity index (χ2v) is 5.69. The fraction of sp³-hybridized carbons (Fsp3) is 0. The van der Waals surface area contributed by atoms with E-state index in [4.69, 9.17) is 10.3 Å². The molecule has 0 unspecified atom stereocenters. The molecule has 0 amide bonds. The monoisotopic (exact) mass is 311 g/mol. The van der Waals surface area contributed by atoms with E-state index in [9.17, 15) is 0 Å². The third-order valence-electron chi connectivity index (χ3n) is 2.12. The molecule has 0 spiro atoms. The Morgan fingerprint density at radius 2 is 2.29 bits per heavy atom. The molecular formula is C9H6BrN5OS. The summed E-state index contributed by atoms with van der Waals surface area (Å²) < 4.78 is 6.16. The number of hydrogen-bond acceptors (Lipinski definition) is 6. The van der Waals surface area contributed by atoms with Crippen LogP contribution in [0.5, 0.6) is 0 Å². The minimum Gasteiger partial charge on any atom is -0.383 e. The average Bonchev–Trinajstić information content (AvgIpc) is 2.97. The van der Waals surface area contributed by atoms with Gasteiger partial charge in [-0.05, 0) is 28.1 Å². The Morgan fingerprint density at radius 3 is 2.94 bits per heavy atom. The molecule has 0 saturated heterocycles. The van der Waals surface area contributed by atoms with E-state index < -0.39 is 0 Å². The molecule has 0 aliphatic carbocycles. The standard InChI is InChI=1S/C9H6BrN5OS/c10-6-2-1-5(17-6)8-13-9(16-15-8)4-3-12-14-7(4)11/h1-3H,(H3,11,12,14). The highest BCUT2D eigenvalue weighted by Gasteiger charge is 2.15. The lowest BCUT2D eigenvalue weighted by Crippen LogP contribution is -1.87. The average molecular weight is 312 g/mol. The van der Waals surface area contributed by atoms with Crippen LogP contribution in [0.15, 0.2) is 26.6 Å². The zero-order valence-electron chi connectivity index (χ0n) is 8.35. The Kier molecular flexibility index (Phi) is 2.45. The molecule has 8 heteroatoms. The van der Waals surface area contributed by atoms with Crippen LogP contribution in [-0.4, -0.2) is 20.3 Å². The number of nitrogens with zero attached hydrogens (tertiary/aromatic N) is 3. The number of H-pyrrole nitrogens is 1. The smallest absolute Gasteiger partial charge is 0.263 e. The van der Waals surface area contributed by atoms with E-state index in [2.05, 4.69) is 36.3 Å². The predicted octanol–water partition coefficient (Wildman–Crippen LogP) is 2.53. The van der Waals surface area contributed by atoms with Gasteiger partial charge in [0.1, 0.15) is 11.4 Å². The Morgan fingerprint density at radius 1 is 1.41 bits per heavy atom. The van der Waals surface area contributed by atoms with Crippen molar-refractivity contribution in [2.45, 2.75) is 0 Å². The maximum absolute atomic E-state index is 5.67. The number of halogens is 1. The van der Waals surface area contributed by atoms with Crippen LogP contribution in [0.3, 0.4) is 0 Å². The van der Waals surface area contributed by atoms with Crippen LogP contribution < -0.4 is 5.73 Å². The first-order valence-corrected chi connectivity index (χ1v) is 6.23. The molecule has 3 rings (SSSR count). The summed E-state index contributed by atoms with van der Waals surface area (Å²) in [5, 5.41) is 10.3. The summed E-state index contributed by atoms with van der Waals surface area (Å²) in [4.78, 5) is 5.19. The molecule has 0 radical (unpaired) electrons. The van der Waals surface area contributed by atoms with E-state index >= 15 is 0 Å². The fourth-order valence-electron chi connectivity index (χ4n) is 1.33. The highest BCUT2D eigenvalue weighted by Crippen LogP contribution is 2.31. The van der Waals surface area contributed by atoms with E-state index in [1.807, 2.05) is 12.1 Å². The number of nitrogens with two attached hydrogens (primary N) is 1. The molecule has 0 aliphatic heterocycles. The van der Waals surface area contributed by atoms with Crippen molar-refractivity contribution in [2.75, 3.05) is 5.73 Å². The van der Waals surface area contributed by atoms with E-state index in [-0.39, 0.29) is 0 Å². The Hall–Kier alpha value is -1.67. The first-order chi connectivity index (χ1) is 8.24. The largest absolute Gasteiger partial charge is 0.383 e. The van der Waals surface area contributed by atoms with Crippen LogP contribution in [0.4, 0.5) is 5.82 Å². The van der Waals surface area contributed by atoms with Crippen LogP contribution in [-0.2, 0) is 0 Å². The van der Waals surface area contributed by atoms with Gasteiger partial charge in [-0.2, -0.15) is 10.1 Å². The van der Waals surface area contributed by atoms with Crippen molar-refractivity contribution >= 4 is 33.1 Å². The normalized spacial score (nSPS) is 10.9. The second kappa shape index (κ2) is 3.97. The number of hydrogen-bond donors (Lipinski definition) is 2. The van der Waals surface area contributed by atoms with Crippen molar-refractivity contribution in [3.05, 3.63) is 22.1 Å². The van der Waals surface area contributed by atoms with Crippen molar-refractivity contribution in [1.29, 1.82) is 0 Å². The minimum absolute atomic E-state index is 0.357. The number of anilines is 1. The molecule has 0 aliphatic rings. The van der Waals surface area contributed by atoms with Gasteiger partial charge < -0.3 is 10.3 Å². The first-order valence-electron chi connectivity index (χ1n) is 4.62. The molecule has 6 nitrogen and oxygen atoms in total. The van der Waals surface area contributed by atoms with Gasteiger partial charge in [-0.3, -0.25) is 5.10 Å². The molecule has 17 heavy (non-hydrogen) atoms. The van der Waals surface area contributed by atoms with Crippen molar-refractivity contribution in [3.63, 3.8) is 0 Å². The lowest BCUT2D eigenvalue weighted by molar-refractivity contribution is 0.432. The van der Waals surface area contributed by atoms with Gasteiger partial charge in [0, 0.05) is 0 Å². The molecule has 3 N–H and O–H groups in total. The minimum atomic E-state index is 0.357. The molecule has 3 aromatic heterocycles. The van der Waals surface area contributed by atoms with Crippen molar-refractivity contribution in [2.24, 2.45) is 0 Å². The molecular weight excluding hydrogens is 306 g/mol. The molecule has 0 fully saturated rings. The van der Waals surface area contributed by atoms with Gasteiger partial charge in [-0.25, -0.2) is 0 Å². The second-order valence-electron chi connectivity index (χ2n) is 3.22. The molecule has 0 atom stereocenters. The number of nitrogens with one attached hydrogen (secondary N) is 1. The molecule has 0 aromatic carbocycles. The quantitative estimate of drug-likeness (QED) is 0.758. The summed E-state index contributed by atoms with van der Waals surface area (Å²) in [5.74, 6) is 1.31. The number of aromatic nitrogens is 4. The highest BCUT2D eigenvalue weighted by molar-refractivity contribution is 9.11. The summed E-state index contributed by atoms with van der Waals surface area (Å²) in [6, 6.07) is 3.85. The number of rotatable bonds is 2. The van der Waals surface area contributed by atoms with Crippen molar-refractivity contribution in [3.8, 4) is 22.2 Å². The summed E-state index contributed by atoms with van der Waals surface area (Å²) in [6.07, 6.45) is 1.55. The van der Waals surface area contributed by atoms with E-state index in [1.54, 1.807) is 6.20 Å². The SMILES string of the molecule is Nc1[nH]ncc1-c1nc(-c2ccc(Br)s2)no1. The van der Waals surface area contributed by atoms with Gasteiger partial charge >= 0.3 is 0 Å². The van der Waals surface area contributed by atoms with Crippen molar-refractivity contribution in [1.82, 2.24) is 20.3 Å². The van der Waals surface area contributed by atoms with Crippen LogP contribution in [0.1, 0.15) is 0 Å². The van der Waals surface area contributed by atoms with Gasteiger partial charge in [-0.15, -0.1) is 11.3 Å². The van der Waals surface area contributed by atoms with E-state index in [0.29, 0.717) is 23.1 Å². The highest BCUT2D eigenvalue weighted by atomic mass is 79.9. The lowest BCUT2D eigenvalue weighted by Gasteiger charge is -1.87. The van der Waals surface area contributed by atoms with E-state index in [0.717, 1.165) is 8.66 Å². The first kappa shape index (κ1) is 10.5. The maximum atomic E-state index is 5.67. The number of aromatic amines is 1. The summed E-state index contributed by atoms with van der Waals surface area (Å²) >= 11 is 4.92.